The van der Waals surface area contributed by atoms with Crippen LogP contribution in [-0.2, 0) is 12.8 Å². The number of aryl methyl sites for hydroxylation is 2. The molecule has 0 unspecified atom stereocenters. The van der Waals surface area contributed by atoms with E-state index >= 15 is 0 Å². The van der Waals surface area contributed by atoms with Gasteiger partial charge in [0.2, 0.25) is 0 Å². The van der Waals surface area contributed by atoms with E-state index in [1.165, 1.54) is 107 Å². The number of nitrogens with zero attached hydrogens (tertiary/aromatic N) is 2. The summed E-state index contributed by atoms with van der Waals surface area (Å²) in [6, 6.07) is 8.66. The Morgan fingerprint density at radius 1 is 0.657 bits per heavy atom. The first-order valence-corrected chi connectivity index (χ1v) is 14.8. The first-order chi connectivity index (χ1) is 17.3. The molecular formula is C32H50N2O. The minimum Gasteiger partial charge on any atom is -0.493 e. The predicted octanol–water partition coefficient (Wildman–Crippen LogP) is 9.25. The summed E-state index contributed by atoms with van der Waals surface area (Å²) in [5.74, 6) is 3.24. The average Bonchev–Trinajstić information content (AvgIpc) is 2.90. The number of benzene rings is 1. The summed E-state index contributed by atoms with van der Waals surface area (Å²) in [6.45, 7) is 5.34. The van der Waals surface area contributed by atoms with Gasteiger partial charge >= 0.3 is 0 Å². The average molecular weight is 479 g/mol. The summed E-state index contributed by atoms with van der Waals surface area (Å²) in [5.41, 5.74) is 2.70. The molecule has 35 heavy (non-hydrogen) atoms. The highest BCUT2D eigenvalue weighted by Crippen LogP contribution is 2.34. The van der Waals surface area contributed by atoms with Crippen molar-refractivity contribution in [1.29, 1.82) is 0 Å². The molecule has 1 aliphatic carbocycles. The van der Waals surface area contributed by atoms with Crippen LogP contribution in [0.5, 0.6) is 5.75 Å². The van der Waals surface area contributed by atoms with E-state index in [9.17, 15) is 0 Å². The van der Waals surface area contributed by atoms with Crippen LogP contribution in [0.1, 0.15) is 133 Å². The zero-order chi connectivity index (χ0) is 24.6. The van der Waals surface area contributed by atoms with E-state index in [0.717, 1.165) is 31.0 Å². The van der Waals surface area contributed by atoms with Crippen molar-refractivity contribution in [3.63, 3.8) is 0 Å². The van der Waals surface area contributed by atoms with Crippen LogP contribution in [0, 0.1) is 5.92 Å². The van der Waals surface area contributed by atoms with Crippen LogP contribution in [0.3, 0.4) is 0 Å². The third kappa shape index (κ3) is 10.7. The number of hydrogen-bond donors (Lipinski definition) is 0. The minimum absolute atomic E-state index is 0.519. The lowest BCUT2D eigenvalue weighted by molar-refractivity contribution is 0.198. The summed E-state index contributed by atoms with van der Waals surface area (Å²) in [7, 11) is 0. The molecule has 1 saturated carbocycles. The molecular weight excluding hydrogens is 428 g/mol. The van der Waals surface area contributed by atoms with Gasteiger partial charge in [-0.3, -0.25) is 0 Å². The number of ether oxygens (including phenoxy) is 1. The zero-order valence-corrected chi connectivity index (χ0v) is 22.6. The van der Waals surface area contributed by atoms with E-state index < -0.39 is 0 Å². The van der Waals surface area contributed by atoms with Crippen LogP contribution in [0.4, 0.5) is 0 Å². The second-order valence-corrected chi connectivity index (χ2v) is 10.8. The van der Waals surface area contributed by atoms with Gasteiger partial charge in [-0.15, -0.1) is 0 Å². The highest BCUT2D eigenvalue weighted by atomic mass is 16.5. The van der Waals surface area contributed by atoms with Crippen molar-refractivity contribution in [2.24, 2.45) is 5.92 Å². The Bertz CT molecular complexity index is 778. The third-order valence-electron chi connectivity index (χ3n) is 7.70. The van der Waals surface area contributed by atoms with Crippen LogP contribution in [0.25, 0.3) is 0 Å². The number of unbranched alkanes of at least 4 members (excludes halogenated alkanes) is 9. The fourth-order valence-corrected chi connectivity index (χ4v) is 5.36. The molecule has 1 heterocycles. The molecule has 1 aliphatic rings. The molecule has 1 aromatic carbocycles. The normalized spacial score (nSPS) is 18.0. The van der Waals surface area contributed by atoms with Gasteiger partial charge in [0.15, 0.2) is 0 Å². The number of aromatic nitrogens is 2. The summed E-state index contributed by atoms with van der Waals surface area (Å²) in [6.07, 6.45) is 26.3. The number of rotatable bonds is 17. The van der Waals surface area contributed by atoms with Crippen molar-refractivity contribution in [1.82, 2.24) is 9.97 Å². The van der Waals surface area contributed by atoms with E-state index in [0.29, 0.717) is 11.8 Å². The molecule has 0 spiro atoms. The Kier molecular flexibility index (Phi) is 13.2. The first kappa shape index (κ1) is 27.7. The molecule has 0 radical (unpaired) electrons. The fourth-order valence-electron chi connectivity index (χ4n) is 5.36. The zero-order valence-electron chi connectivity index (χ0n) is 22.6. The Morgan fingerprint density at radius 3 is 1.86 bits per heavy atom. The van der Waals surface area contributed by atoms with Crippen molar-refractivity contribution in [3.05, 3.63) is 53.6 Å². The van der Waals surface area contributed by atoms with Crippen LogP contribution < -0.4 is 4.74 Å². The summed E-state index contributed by atoms with van der Waals surface area (Å²) >= 11 is 0. The summed E-state index contributed by atoms with van der Waals surface area (Å²) in [4.78, 5) is 9.53. The maximum atomic E-state index is 6.09. The van der Waals surface area contributed by atoms with Crippen molar-refractivity contribution in [2.75, 3.05) is 6.61 Å². The third-order valence-corrected chi connectivity index (χ3v) is 7.70. The van der Waals surface area contributed by atoms with Gasteiger partial charge in [0.05, 0.1) is 6.61 Å². The van der Waals surface area contributed by atoms with E-state index in [-0.39, 0.29) is 0 Å². The SMILES string of the molecule is CCCCCCCCCCCCc1cnc([C@H]2CC[C@H](COc3ccc(CCC)cc3)CC2)nc1. The maximum Gasteiger partial charge on any atom is 0.131 e. The van der Waals surface area contributed by atoms with E-state index in [2.05, 4.69) is 50.5 Å². The highest BCUT2D eigenvalue weighted by Gasteiger charge is 2.24. The fraction of sp³-hybridized carbons (Fsp3) is 0.688. The minimum atomic E-state index is 0.519. The Morgan fingerprint density at radius 2 is 1.26 bits per heavy atom. The molecule has 1 fully saturated rings. The lowest BCUT2D eigenvalue weighted by Crippen LogP contribution is -2.20. The lowest BCUT2D eigenvalue weighted by Gasteiger charge is -2.27. The number of hydrogen-bond acceptors (Lipinski definition) is 3. The van der Waals surface area contributed by atoms with Gasteiger partial charge in [0, 0.05) is 18.3 Å². The molecule has 0 saturated heterocycles. The van der Waals surface area contributed by atoms with Gasteiger partial charge in [0.25, 0.3) is 0 Å². The molecule has 1 aromatic heterocycles. The van der Waals surface area contributed by atoms with Crippen LogP contribution in [0.15, 0.2) is 36.7 Å². The molecule has 2 aromatic rings. The van der Waals surface area contributed by atoms with Crippen molar-refractivity contribution >= 4 is 0 Å². The standard InChI is InChI=1S/C32H50N2O/c1-3-5-6-7-8-9-10-11-12-13-15-29-24-33-32(34-25-29)30-20-16-28(17-21-30)26-35-31-22-18-27(14-4-2)19-23-31/h18-19,22-25,28,30H,3-17,20-21,26H2,1-2H3/t28-,30-. The van der Waals surface area contributed by atoms with Gasteiger partial charge in [0.1, 0.15) is 11.6 Å². The van der Waals surface area contributed by atoms with Crippen molar-refractivity contribution in [3.8, 4) is 5.75 Å². The molecule has 3 heteroatoms. The van der Waals surface area contributed by atoms with Crippen LogP contribution >= 0.6 is 0 Å². The van der Waals surface area contributed by atoms with Crippen molar-refractivity contribution in [2.45, 2.75) is 129 Å². The van der Waals surface area contributed by atoms with Crippen LogP contribution in [-0.4, -0.2) is 16.6 Å². The van der Waals surface area contributed by atoms with E-state index in [4.69, 9.17) is 14.7 Å². The maximum absolute atomic E-state index is 6.09. The van der Waals surface area contributed by atoms with E-state index in [1.807, 2.05) is 0 Å². The highest BCUT2D eigenvalue weighted by molar-refractivity contribution is 5.27. The molecule has 0 atom stereocenters. The lowest BCUT2D eigenvalue weighted by atomic mass is 9.82. The Labute approximate surface area is 215 Å². The van der Waals surface area contributed by atoms with Gasteiger partial charge < -0.3 is 4.74 Å². The van der Waals surface area contributed by atoms with E-state index in [1.54, 1.807) is 0 Å². The first-order valence-electron chi connectivity index (χ1n) is 14.8. The monoisotopic (exact) mass is 478 g/mol. The molecule has 0 bridgehead atoms. The topological polar surface area (TPSA) is 35.0 Å². The van der Waals surface area contributed by atoms with Gasteiger partial charge in [-0.1, -0.05) is 90.2 Å². The van der Waals surface area contributed by atoms with Gasteiger partial charge in [-0.2, -0.15) is 0 Å². The molecule has 0 N–H and O–H groups in total. The molecule has 0 aliphatic heterocycles. The molecule has 3 rings (SSSR count). The molecule has 194 valence electrons. The largest absolute Gasteiger partial charge is 0.493 e. The van der Waals surface area contributed by atoms with Gasteiger partial charge in [-0.05, 0) is 74.1 Å². The second kappa shape index (κ2) is 16.7. The summed E-state index contributed by atoms with van der Waals surface area (Å²) in [5, 5.41) is 0. The van der Waals surface area contributed by atoms with Crippen LogP contribution in [0.2, 0.25) is 0 Å². The molecule has 3 nitrogen and oxygen atoms in total. The Hall–Kier alpha value is -1.90. The van der Waals surface area contributed by atoms with Gasteiger partial charge in [-0.25, -0.2) is 9.97 Å². The summed E-state index contributed by atoms with van der Waals surface area (Å²) < 4.78 is 6.09. The second-order valence-electron chi connectivity index (χ2n) is 10.8. The Balaban J connectivity index is 1.26. The molecule has 0 amide bonds. The van der Waals surface area contributed by atoms with Crippen molar-refractivity contribution < 1.29 is 4.74 Å². The smallest absolute Gasteiger partial charge is 0.131 e. The predicted molar refractivity (Wildman–Crippen MR) is 148 cm³/mol. The quantitative estimate of drug-likeness (QED) is 0.212.